The summed E-state index contributed by atoms with van der Waals surface area (Å²) in [6, 6.07) is 1.94. The van der Waals surface area contributed by atoms with Gasteiger partial charge in [-0.05, 0) is 25.5 Å². The first kappa shape index (κ1) is 18.1. The zero-order chi connectivity index (χ0) is 15.3. The number of nitrogens with zero attached hydrogens (tertiary/aromatic N) is 1. The van der Waals surface area contributed by atoms with Crippen LogP contribution in [-0.4, -0.2) is 11.5 Å². The predicted molar refractivity (Wildman–Crippen MR) is 87.8 cm³/mol. The number of nitrogens with one attached hydrogen (secondary N) is 1. The first-order valence-electron chi connectivity index (χ1n) is 8.62. The molecular weight excluding hydrogens is 263 g/mol. The van der Waals surface area contributed by atoms with Crippen molar-refractivity contribution in [3.8, 4) is 0 Å². The van der Waals surface area contributed by atoms with Crippen LogP contribution in [-0.2, 0) is 0 Å². The van der Waals surface area contributed by atoms with Gasteiger partial charge in [0.2, 0.25) is 0 Å². The van der Waals surface area contributed by atoms with Gasteiger partial charge in [0.05, 0.1) is 6.20 Å². The molecule has 0 amide bonds. The van der Waals surface area contributed by atoms with Crippen LogP contribution in [0.5, 0.6) is 0 Å². The van der Waals surface area contributed by atoms with Crippen LogP contribution in [0, 0.1) is 5.82 Å². The SMILES string of the molecule is CCCCCCCCCC(NCCC)c1ccncc1F. The molecule has 1 atom stereocenters. The van der Waals surface area contributed by atoms with Crippen LogP contribution >= 0.6 is 0 Å². The summed E-state index contributed by atoms with van der Waals surface area (Å²) in [6.45, 7) is 5.32. The van der Waals surface area contributed by atoms with E-state index in [2.05, 4.69) is 24.1 Å². The van der Waals surface area contributed by atoms with Crippen LogP contribution in [0.1, 0.15) is 83.2 Å². The molecule has 0 saturated heterocycles. The summed E-state index contributed by atoms with van der Waals surface area (Å²) in [5.74, 6) is -0.186. The Morgan fingerprint density at radius 2 is 1.76 bits per heavy atom. The van der Waals surface area contributed by atoms with Crippen molar-refractivity contribution in [2.24, 2.45) is 0 Å². The minimum atomic E-state index is -0.186. The van der Waals surface area contributed by atoms with E-state index in [1.54, 1.807) is 6.20 Å². The Morgan fingerprint density at radius 1 is 1.05 bits per heavy atom. The Kier molecular flexibility index (Phi) is 10.1. The number of hydrogen-bond donors (Lipinski definition) is 1. The Balaban J connectivity index is 2.35. The zero-order valence-electron chi connectivity index (χ0n) is 13.7. The summed E-state index contributed by atoms with van der Waals surface area (Å²) in [4.78, 5) is 3.84. The van der Waals surface area contributed by atoms with Crippen molar-refractivity contribution in [3.05, 3.63) is 29.8 Å². The molecule has 1 heterocycles. The average Bonchev–Trinajstić information content (AvgIpc) is 2.50. The molecule has 1 unspecified atom stereocenters. The molecule has 0 spiro atoms. The van der Waals surface area contributed by atoms with Gasteiger partial charge in [0.25, 0.3) is 0 Å². The van der Waals surface area contributed by atoms with E-state index in [-0.39, 0.29) is 11.9 Å². The lowest BCUT2D eigenvalue weighted by molar-refractivity contribution is 0.447. The van der Waals surface area contributed by atoms with Gasteiger partial charge in [-0.2, -0.15) is 0 Å². The van der Waals surface area contributed by atoms with Crippen LogP contribution in [0.2, 0.25) is 0 Å². The third kappa shape index (κ3) is 7.56. The number of rotatable bonds is 12. The highest BCUT2D eigenvalue weighted by molar-refractivity contribution is 5.17. The quantitative estimate of drug-likeness (QED) is 0.522. The van der Waals surface area contributed by atoms with E-state index in [0.717, 1.165) is 31.4 Å². The van der Waals surface area contributed by atoms with E-state index >= 15 is 0 Å². The summed E-state index contributed by atoms with van der Waals surface area (Å²) in [6.07, 6.45) is 14.1. The molecule has 3 heteroatoms. The average molecular weight is 294 g/mol. The molecule has 2 nitrogen and oxygen atoms in total. The van der Waals surface area contributed by atoms with E-state index in [1.807, 2.05) is 6.07 Å². The molecule has 120 valence electrons. The number of hydrogen-bond acceptors (Lipinski definition) is 2. The molecule has 1 aromatic rings. The molecule has 0 radical (unpaired) electrons. The summed E-state index contributed by atoms with van der Waals surface area (Å²) in [7, 11) is 0. The highest BCUT2D eigenvalue weighted by Crippen LogP contribution is 2.22. The first-order valence-corrected chi connectivity index (χ1v) is 8.62. The molecule has 1 rings (SSSR count). The molecular formula is C18H31FN2. The summed E-state index contributed by atoms with van der Waals surface area (Å²) in [5.41, 5.74) is 0.768. The molecule has 1 N–H and O–H groups in total. The van der Waals surface area contributed by atoms with Crippen molar-refractivity contribution < 1.29 is 4.39 Å². The molecule has 21 heavy (non-hydrogen) atoms. The second-order valence-corrected chi connectivity index (χ2v) is 5.81. The lowest BCUT2D eigenvalue weighted by Crippen LogP contribution is -2.23. The minimum Gasteiger partial charge on any atom is -0.310 e. The van der Waals surface area contributed by atoms with Gasteiger partial charge in [-0.3, -0.25) is 4.98 Å². The Labute approximate surface area is 129 Å². The zero-order valence-corrected chi connectivity index (χ0v) is 13.7. The molecule has 0 fully saturated rings. The van der Waals surface area contributed by atoms with E-state index in [4.69, 9.17) is 0 Å². The number of halogens is 1. The highest BCUT2D eigenvalue weighted by atomic mass is 19.1. The van der Waals surface area contributed by atoms with E-state index in [0.29, 0.717) is 0 Å². The molecule has 0 aliphatic heterocycles. The fourth-order valence-electron chi connectivity index (χ4n) is 2.66. The molecule has 0 aliphatic carbocycles. The predicted octanol–water partition coefficient (Wildman–Crippen LogP) is 5.40. The fraction of sp³-hybridized carbons (Fsp3) is 0.722. The van der Waals surface area contributed by atoms with Crippen LogP contribution < -0.4 is 5.32 Å². The Morgan fingerprint density at radius 3 is 2.43 bits per heavy atom. The van der Waals surface area contributed by atoms with Crippen molar-refractivity contribution in [2.75, 3.05) is 6.54 Å². The van der Waals surface area contributed by atoms with E-state index in [9.17, 15) is 4.39 Å². The topological polar surface area (TPSA) is 24.9 Å². The second-order valence-electron chi connectivity index (χ2n) is 5.81. The highest BCUT2D eigenvalue weighted by Gasteiger charge is 2.14. The van der Waals surface area contributed by atoms with Crippen LogP contribution in [0.3, 0.4) is 0 Å². The van der Waals surface area contributed by atoms with Gasteiger partial charge in [-0.1, -0.05) is 58.8 Å². The molecule has 1 aromatic heterocycles. The first-order chi connectivity index (χ1) is 10.3. The lowest BCUT2D eigenvalue weighted by atomic mass is 9.99. The molecule has 0 aromatic carbocycles. The van der Waals surface area contributed by atoms with Crippen molar-refractivity contribution in [1.29, 1.82) is 0 Å². The van der Waals surface area contributed by atoms with Crippen molar-refractivity contribution in [1.82, 2.24) is 10.3 Å². The third-order valence-electron chi connectivity index (χ3n) is 3.92. The van der Waals surface area contributed by atoms with Gasteiger partial charge in [0.1, 0.15) is 5.82 Å². The summed E-state index contributed by atoms with van der Waals surface area (Å²) < 4.78 is 13.9. The standard InChI is InChI=1S/C18H31FN2/c1-3-5-6-7-8-9-10-11-18(21-13-4-2)16-12-14-20-15-17(16)19/h12,14-15,18,21H,3-11,13H2,1-2H3. The van der Waals surface area contributed by atoms with Crippen molar-refractivity contribution in [2.45, 2.75) is 77.7 Å². The Bertz CT molecular complexity index is 368. The summed E-state index contributed by atoms with van der Waals surface area (Å²) >= 11 is 0. The van der Waals surface area contributed by atoms with Gasteiger partial charge >= 0.3 is 0 Å². The maximum atomic E-state index is 13.9. The van der Waals surface area contributed by atoms with Crippen molar-refractivity contribution in [3.63, 3.8) is 0 Å². The van der Waals surface area contributed by atoms with Gasteiger partial charge in [-0.15, -0.1) is 0 Å². The Hall–Kier alpha value is -0.960. The van der Waals surface area contributed by atoms with Crippen LogP contribution in [0.25, 0.3) is 0 Å². The minimum absolute atomic E-state index is 0.128. The van der Waals surface area contributed by atoms with Crippen LogP contribution in [0.4, 0.5) is 4.39 Å². The fourth-order valence-corrected chi connectivity index (χ4v) is 2.66. The maximum absolute atomic E-state index is 13.9. The number of pyridine rings is 1. The van der Waals surface area contributed by atoms with Gasteiger partial charge in [-0.25, -0.2) is 4.39 Å². The largest absolute Gasteiger partial charge is 0.310 e. The smallest absolute Gasteiger partial charge is 0.146 e. The molecule has 0 saturated carbocycles. The summed E-state index contributed by atoms with van der Waals surface area (Å²) in [5, 5.41) is 3.47. The molecule has 0 aliphatic rings. The molecule has 0 bridgehead atoms. The van der Waals surface area contributed by atoms with Gasteiger partial charge in [0, 0.05) is 17.8 Å². The second kappa shape index (κ2) is 11.7. The number of aromatic nitrogens is 1. The van der Waals surface area contributed by atoms with Gasteiger partial charge in [0.15, 0.2) is 0 Å². The maximum Gasteiger partial charge on any atom is 0.146 e. The third-order valence-corrected chi connectivity index (χ3v) is 3.92. The van der Waals surface area contributed by atoms with Gasteiger partial charge < -0.3 is 5.32 Å². The van der Waals surface area contributed by atoms with Crippen LogP contribution in [0.15, 0.2) is 18.5 Å². The normalized spacial score (nSPS) is 12.5. The van der Waals surface area contributed by atoms with E-state index < -0.39 is 0 Å². The number of unbranched alkanes of at least 4 members (excludes halogenated alkanes) is 6. The van der Waals surface area contributed by atoms with E-state index in [1.165, 1.54) is 44.7 Å². The van der Waals surface area contributed by atoms with Crippen molar-refractivity contribution >= 4 is 0 Å². The monoisotopic (exact) mass is 294 g/mol. The lowest BCUT2D eigenvalue weighted by Gasteiger charge is -2.19.